The van der Waals surface area contributed by atoms with E-state index in [-0.39, 0.29) is 12.2 Å². The molecular weight excluding hydrogens is 253 g/mol. The van der Waals surface area contributed by atoms with Crippen molar-refractivity contribution in [3.63, 3.8) is 0 Å². The van der Waals surface area contributed by atoms with E-state index in [1.54, 1.807) is 0 Å². The van der Waals surface area contributed by atoms with E-state index in [9.17, 15) is 13.2 Å². The summed E-state index contributed by atoms with van der Waals surface area (Å²) in [4.78, 5) is 0.458. The molecule has 0 saturated heterocycles. The molecule has 0 aromatic heterocycles. The molecule has 17 heavy (non-hydrogen) atoms. The molecule has 0 spiro atoms. The quantitative estimate of drug-likeness (QED) is 0.443. The Kier molecular flexibility index (Phi) is 4.41. The van der Waals surface area contributed by atoms with Crippen molar-refractivity contribution in [2.75, 3.05) is 12.4 Å². The van der Waals surface area contributed by atoms with Crippen molar-refractivity contribution in [2.45, 2.75) is 11.1 Å². The molecule has 0 atom stereocenters. The largest absolute Gasteiger partial charge is 0.416 e. The topological polar surface area (TPSA) is 70.1 Å². The fourth-order valence-electron chi connectivity index (χ4n) is 1.20. The first-order chi connectivity index (χ1) is 7.86. The molecule has 0 fully saturated rings. The molecule has 0 amide bonds. The molecule has 0 aliphatic rings. The average molecular weight is 264 g/mol. The normalized spacial score (nSPS) is 11.5. The van der Waals surface area contributed by atoms with Crippen molar-refractivity contribution in [2.24, 2.45) is 5.73 Å². The van der Waals surface area contributed by atoms with Gasteiger partial charge < -0.3 is 10.8 Å². The maximum Gasteiger partial charge on any atom is 0.416 e. The van der Waals surface area contributed by atoms with Gasteiger partial charge in [0.05, 0.1) is 12.2 Å². The minimum absolute atomic E-state index is 0.0401. The Labute approximate surface area is 100 Å². The van der Waals surface area contributed by atoms with Gasteiger partial charge in [-0.15, -0.1) is 11.8 Å². The number of hydrogen-bond acceptors (Lipinski definition) is 3. The first kappa shape index (κ1) is 13.9. The number of rotatable bonds is 4. The van der Waals surface area contributed by atoms with Crippen LogP contribution in [0, 0.1) is 5.41 Å². The van der Waals surface area contributed by atoms with Crippen LogP contribution in [0.4, 0.5) is 13.2 Å². The van der Waals surface area contributed by atoms with Gasteiger partial charge in [-0.1, -0.05) is 0 Å². The second-order valence-electron chi connectivity index (χ2n) is 3.19. The molecule has 1 aromatic carbocycles. The van der Waals surface area contributed by atoms with Crippen LogP contribution in [0.3, 0.4) is 0 Å². The van der Waals surface area contributed by atoms with Crippen LogP contribution in [0.5, 0.6) is 0 Å². The highest BCUT2D eigenvalue weighted by molar-refractivity contribution is 7.99. The molecular formula is C10H11F3N2OS. The Morgan fingerprint density at radius 1 is 1.41 bits per heavy atom. The van der Waals surface area contributed by atoms with Crippen molar-refractivity contribution in [3.05, 3.63) is 29.3 Å². The van der Waals surface area contributed by atoms with Crippen LogP contribution in [-0.2, 0) is 6.18 Å². The number of hydrogen-bond donors (Lipinski definition) is 3. The fourth-order valence-corrected chi connectivity index (χ4v) is 2.00. The number of thioether (sulfide) groups is 1. The predicted octanol–water partition coefficient (Wildman–Crippen LogP) is 2.07. The molecule has 0 aliphatic heterocycles. The second kappa shape index (κ2) is 5.42. The maximum absolute atomic E-state index is 12.5. The van der Waals surface area contributed by atoms with E-state index in [1.807, 2.05) is 0 Å². The summed E-state index contributed by atoms with van der Waals surface area (Å²) in [7, 11) is 0. The molecule has 94 valence electrons. The van der Waals surface area contributed by atoms with Crippen molar-refractivity contribution < 1.29 is 18.3 Å². The molecule has 0 saturated carbocycles. The van der Waals surface area contributed by atoms with Crippen molar-refractivity contribution in [1.29, 1.82) is 5.41 Å². The third-order valence-electron chi connectivity index (χ3n) is 1.95. The molecule has 1 aromatic rings. The first-order valence-corrected chi connectivity index (χ1v) is 5.64. The minimum atomic E-state index is -4.45. The van der Waals surface area contributed by atoms with E-state index in [0.29, 0.717) is 10.6 Å². The summed E-state index contributed by atoms with van der Waals surface area (Å²) < 4.78 is 37.4. The molecule has 1 rings (SSSR count). The summed E-state index contributed by atoms with van der Waals surface area (Å²) in [6.45, 7) is -0.0942. The minimum Gasteiger partial charge on any atom is -0.396 e. The van der Waals surface area contributed by atoms with Gasteiger partial charge in [-0.25, -0.2) is 0 Å². The van der Waals surface area contributed by atoms with E-state index in [1.165, 1.54) is 6.07 Å². The van der Waals surface area contributed by atoms with Gasteiger partial charge in [0.2, 0.25) is 0 Å². The number of aliphatic hydroxyl groups is 1. The molecule has 0 aliphatic carbocycles. The summed E-state index contributed by atoms with van der Waals surface area (Å²) in [5.41, 5.74) is 4.44. The van der Waals surface area contributed by atoms with Gasteiger partial charge in [-0.05, 0) is 18.2 Å². The zero-order valence-electron chi connectivity index (χ0n) is 8.71. The van der Waals surface area contributed by atoms with Gasteiger partial charge in [0.15, 0.2) is 0 Å². The van der Waals surface area contributed by atoms with Crippen LogP contribution < -0.4 is 5.73 Å². The first-order valence-electron chi connectivity index (χ1n) is 4.65. The lowest BCUT2D eigenvalue weighted by Crippen LogP contribution is -2.15. The van der Waals surface area contributed by atoms with Gasteiger partial charge in [0, 0.05) is 16.2 Å². The lowest BCUT2D eigenvalue weighted by Gasteiger charge is -2.12. The highest BCUT2D eigenvalue weighted by atomic mass is 32.2. The number of halogens is 3. The number of nitrogen functional groups attached to an aromatic ring is 1. The number of alkyl halides is 3. The highest BCUT2D eigenvalue weighted by Crippen LogP contribution is 2.32. The standard InChI is InChI=1S/C10H11F3N2OS/c11-10(12,13)6-1-2-8(17-4-3-16)7(5-6)9(14)15/h1-2,5,16H,3-4H2,(H3,14,15). The summed E-state index contributed by atoms with van der Waals surface area (Å²) in [5, 5.41) is 15.9. The summed E-state index contributed by atoms with van der Waals surface area (Å²) >= 11 is 1.16. The third-order valence-corrected chi connectivity index (χ3v) is 3.00. The summed E-state index contributed by atoms with van der Waals surface area (Å²) in [6.07, 6.45) is -4.45. The molecule has 4 N–H and O–H groups in total. The molecule has 0 bridgehead atoms. The van der Waals surface area contributed by atoms with Gasteiger partial charge in [0.25, 0.3) is 0 Å². The van der Waals surface area contributed by atoms with Crippen molar-refractivity contribution >= 4 is 17.6 Å². The number of nitrogens with one attached hydrogen (secondary N) is 1. The zero-order chi connectivity index (χ0) is 13.1. The number of amidine groups is 1. The lowest BCUT2D eigenvalue weighted by atomic mass is 10.1. The van der Waals surface area contributed by atoms with Crippen LogP contribution in [0.15, 0.2) is 23.1 Å². The molecule has 0 heterocycles. The van der Waals surface area contributed by atoms with Crippen LogP contribution >= 0.6 is 11.8 Å². The predicted molar refractivity (Wildman–Crippen MR) is 60.3 cm³/mol. The Morgan fingerprint density at radius 2 is 2.06 bits per heavy atom. The summed E-state index contributed by atoms with van der Waals surface area (Å²) in [6, 6.07) is 3.05. The van der Waals surface area contributed by atoms with Crippen LogP contribution in [-0.4, -0.2) is 23.3 Å². The van der Waals surface area contributed by atoms with Crippen LogP contribution in [0.25, 0.3) is 0 Å². The molecule has 0 unspecified atom stereocenters. The number of nitrogens with two attached hydrogens (primary N) is 1. The second-order valence-corrected chi connectivity index (χ2v) is 4.33. The Balaban J connectivity index is 3.13. The van der Waals surface area contributed by atoms with Crippen LogP contribution in [0.2, 0.25) is 0 Å². The van der Waals surface area contributed by atoms with Gasteiger partial charge >= 0.3 is 6.18 Å². The Hall–Kier alpha value is -1.21. The van der Waals surface area contributed by atoms with Gasteiger partial charge in [-0.3, -0.25) is 5.41 Å². The molecule has 0 radical (unpaired) electrons. The fraction of sp³-hybridized carbons (Fsp3) is 0.300. The smallest absolute Gasteiger partial charge is 0.396 e. The summed E-state index contributed by atoms with van der Waals surface area (Å²) in [5.74, 6) is -0.0809. The number of aliphatic hydroxyl groups excluding tert-OH is 1. The van der Waals surface area contributed by atoms with E-state index in [0.717, 1.165) is 23.9 Å². The Bertz CT molecular complexity index is 421. The third kappa shape index (κ3) is 3.64. The Morgan fingerprint density at radius 3 is 2.53 bits per heavy atom. The van der Waals surface area contributed by atoms with E-state index < -0.39 is 17.6 Å². The van der Waals surface area contributed by atoms with Crippen LogP contribution in [0.1, 0.15) is 11.1 Å². The van der Waals surface area contributed by atoms with Crippen molar-refractivity contribution in [3.8, 4) is 0 Å². The van der Waals surface area contributed by atoms with E-state index in [4.69, 9.17) is 16.2 Å². The van der Waals surface area contributed by atoms with E-state index in [2.05, 4.69) is 0 Å². The van der Waals surface area contributed by atoms with Crippen molar-refractivity contribution in [1.82, 2.24) is 0 Å². The molecule has 7 heteroatoms. The van der Waals surface area contributed by atoms with Gasteiger partial charge in [-0.2, -0.15) is 13.2 Å². The SMILES string of the molecule is N=C(N)c1cc(C(F)(F)F)ccc1SCCO. The maximum atomic E-state index is 12.5. The van der Waals surface area contributed by atoms with E-state index >= 15 is 0 Å². The lowest BCUT2D eigenvalue weighted by molar-refractivity contribution is -0.137. The highest BCUT2D eigenvalue weighted by Gasteiger charge is 2.31. The monoisotopic (exact) mass is 264 g/mol. The number of benzene rings is 1. The van der Waals surface area contributed by atoms with Gasteiger partial charge in [0.1, 0.15) is 5.84 Å². The molecule has 3 nitrogen and oxygen atoms in total. The zero-order valence-corrected chi connectivity index (χ0v) is 9.53. The average Bonchev–Trinajstić information content (AvgIpc) is 2.24.